The number of aryl methyl sites for hydroxylation is 1. The minimum Gasteiger partial charge on any atom is -0.300 e. The van der Waals surface area contributed by atoms with E-state index in [9.17, 15) is 9.59 Å². The molecule has 0 saturated heterocycles. The zero-order valence-electron chi connectivity index (χ0n) is 28.0. The Morgan fingerprint density at radius 2 is 1.52 bits per heavy atom. The first kappa shape index (κ1) is 34.9. The predicted octanol–water partition coefficient (Wildman–Crippen LogP) is 11.8. The fraction of sp³-hybridized carbons (Fsp3) is 0.659. The number of carbonyl (C=O) groups is 2. The smallest absolute Gasteiger partial charge is 0.136 e. The Morgan fingerprint density at radius 3 is 2.27 bits per heavy atom. The summed E-state index contributed by atoms with van der Waals surface area (Å²) in [5.41, 5.74) is 4.16. The first-order valence-corrected chi connectivity index (χ1v) is 18.5. The van der Waals surface area contributed by atoms with Crippen molar-refractivity contribution in [3.8, 4) is 0 Å². The van der Waals surface area contributed by atoms with Gasteiger partial charge in [0.05, 0.1) is 0 Å². The second-order valence-corrected chi connectivity index (χ2v) is 15.0. The minimum absolute atomic E-state index is 0.285. The van der Waals surface area contributed by atoms with Gasteiger partial charge in [-0.3, -0.25) is 9.59 Å². The Hall–Kier alpha value is -1.93. The SMILES string of the molecule is CC1=CC(Cl)=CC=C([C@H]2CC(CC(=O)C3CCCCCCC3)C(C)CC[C@@H]2CCCCC(=O)CCCc2ccccc2)C1C. The van der Waals surface area contributed by atoms with E-state index in [1.54, 1.807) is 0 Å². The van der Waals surface area contributed by atoms with Crippen molar-refractivity contribution in [3.63, 3.8) is 0 Å². The second-order valence-electron chi connectivity index (χ2n) is 14.6. The molecular weight excluding hydrogens is 560 g/mol. The molecule has 1 aromatic carbocycles. The first-order chi connectivity index (χ1) is 21.3. The van der Waals surface area contributed by atoms with Crippen LogP contribution in [0.15, 0.2) is 64.7 Å². The van der Waals surface area contributed by atoms with Gasteiger partial charge >= 0.3 is 0 Å². The molecule has 0 aliphatic heterocycles. The van der Waals surface area contributed by atoms with Gasteiger partial charge < -0.3 is 0 Å². The first-order valence-electron chi connectivity index (χ1n) is 18.2. The van der Waals surface area contributed by atoms with Gasteiger partial charge in [-0.25, -0.2) is 0 Å². The molecule has 0 amide bonds. The third-order valence-electron chi connectivity index (χ3n) is 11.4. The highest BCUT2D eigenvalue weighted by Gasteiger charge is 2.37. The van der Waals surface area contributed by atoms with Gasteiger partial charge in [-0.1, -0.05) is 118 Å². The van der Waals surface area contributed by atoms with Gasteiger partial charge in [0, 0.05) is 30.2 Å². The van der Waals surface area contributed by atoms with Crippen LogP contribution < -0.4 is 0 Å². The summed E-state index contributed by atoms with van der Waals surface area (Å²) in [5, 5.41) is 0.810. The Labute approximate surface area is 274 Å². The Bertz CT molecular complexity index is 1140. The largest absolute Gasteiger partial charge is 0.300 e. The van der Waals surface area contributed by atoms with E-state index in [0.29, 0.717) is 54.0 Å². The lowest BCUT2D eigenvalue weighted by Gasteiger charge is -2.33. The lowest BCUT2D eigenvalue weighted by Crippen LogP contribution is -2.26. The molecule has 1 aromatic rings. The molecule has 4 rings (SSSR count). The van der Waals surface area contributed by atoms with Crippen molar-refractivity contribution in [2.45, 2.75) is 136 Å². The summed E-state index contributed by atoms with van der Waals surface area (Å²) < 4.78 is 0. The summed E-state index contributed by atoms with van der Waals surface area (Å²) in [4.78, 5) is 26.4. The molecule has 3 heteroatoms. The van der Waals surface area contributed by atoms with Crippen LogP contribution in [-0.4, -0.2) is 11.6 Å². The normalized spacial score (nSPS) is 27.2. The number of hydrogen-bond acceptors (Lipinski definition) is 2. The average Bonchev–Trinajstić information content (AvgIpc) is 3.21. The number of carbonyl (C=O) groups excluding carboxylic acids is 2. The van der Waals surface area contributed by atoms with Crippen LogP contribution in [0.2, 0.25) is 0 Å². The zero-order chi connectivity index (χ0) is 31.3. The molecule has 3 aliphatic rings. The highest BCUT2D eigenvalue weighted by Crippen LogP contribution is 2.46. The summed E-state index contributed by atoms with van der Waals surface area (Å²) >= 11 is 6.55. The van der Waals surface area contributed by atoms with E-state index in [4.69, 9.17) is 11.6 Å². The van der Waals surface area contributed by atoms with Gasteiger partial charge in [-0.2, -0.15) is 0 Å². The summed E-state index contributed by atoms with van der Waals surface area (Å²) in [5.74, 6) is 3.70. The van der Waals surface area contributed by atoms with Gasteiger partial charge in [-0.05, 0) is 106 Å². The van der Waals surface area contributed by atoms with Gasteiger partial charge in [0.2, 0.25) is 0 Å². The van der Waals surface area contributed by atoms with Crippen LogP contribution in [0.25, 0.3) is 0 Å². The molecule has 2 saturated carbocycles. The van der Waals surface area contributed by atoms with E-state index in [1.807, 2.05) is 6.07 Å². The fourth-order valence-electron chi connectivity index (χ4n) is 8.31. The van der Waals surface area contributed by atoms with Gasteiger partial charge in [0.25, 0.3) is 0 Å². The molecule has 44 heavy (non-hydrogen) atoms. The molecule has 0 bridgehead atoms. The number of benzene rings is 1. The predicted molar refractivity (Wildman–Crippen MR) is 187 cm³/mol. The highest BCUT2D eigenvalue weighted by atomic mass is 35.5. The fourth-order valence-corrected chi connectivity index (χ4v) is 8.55. The number of allylic oxidation sites excluding steroid dienone is 6. The van der Waals surface area contributed by atoms with Crippen LogP contribution in [0.3, 0.4) is 0 Å². The number of Topliss-reactive ketones (excluding diaryl/α,β-unsaturated/α-hetero) is 2. The van der Waals surface area contributed by atoms with Crippen molar-refractivity contribution < 1.29 is 9.59 Å². The molecule has 5 atom stereocenters. The van der Waals surface area contributed by atoms with Crippen LogP contribution in [0, 0.1) is 35.5 Å². The second kappa shape index (κ2) is 18.3. The standard InChI is InChI=1S/C41H59ClO2/c1-30-23-24-34(18-12-13-21-38(43)22-14-17-33-15-8-7-9-16-33)40(39-26-25-37(42)27-31(2)32(39)3)28-36(30)29-41(44)35-19-10-5-4-6-11-20-35/h7-9,15-16,25-27,30,32,34-36,40H,4-6,10-14,17-24,28-29H2,1-3H3/t30?,32?,34-,36?,40-/m0/s1. The summed E-state index contributed by atoms with van der Waals surface area (Å²) in [6.07, 6.45) is 26.0. The van der Waals surface area contributed by atoms with E-state index in [-0.39, 0.29) is 5.92 Å². The minimum atomic E-state index is 0.285. The van der Waals surface area contributed by atoms with E-state index in [2.05, 4.69) is 63.3 Å². The monoisotopic (exact) mass is 618 g/mol. The number of hydrogen-bond donors (Lipinski definition) is 0. The maximum absolute atomic E-state index is 13.7. The molecule has 2 fully saturated rings. The Kier molecular flexibility index (Phi) is 14.5. The van der Waals surface area contributed by atoms with Crippen molar-refractivity contribution in [3.05, 3.63) is 70.3 Å². The number of ketones is 2. The molecular formula is C41H59ClO2. The number of unbranched alkanes of at least 4 members (excludes halogenated alkanes) is 1. The number of halogens is 1. The Morgan fingerprint density at radius 1 is 0.818 bits per heavy atom. The summed E-state index contributed by atoms with van der Waals surface area (Å²) in [6.45, 7) is 6.97. The summed E-state index contributed by atoms with van der Waals surface area (Å²) in [6, 6.07) is 10.5. The van der Waals surface area contributed by atoms with E-state index >= 15 is 0 Å². The van der Waals surface area contributed by atoms with Crippen LogP contribution in [0.1, 0.15) is 135 Å². The molecule has 0 aromatic heterocycles. The zero-order valence-corrected chi connectivity index (χ0v) is 28.8. The average molecular weight is 619 g/mol. The van der Waals surface area contributed by atoms with E-state index in [1.165, 1.54) is 68.1 Å². The lowest BCUT2D eigenvalue weighted by molar-refractivity contribution is -0.125. The molecule has 0 spiro atoms. The summed E-state index contributed by atoms with van der Waals surface area (Å²) in [7, 11) is 0. The van der Waals surface area contributed by atoms with Crippen LogP contribution in [-0.2, 0) is 16.0 Å². The maximum atomic E-state index is 13.7. The van der Waals surface area contributed by atoms with Crippen molar-refractivity contribution in [2.24, 2.45) is 35.5 Å². The van der Waals surface area contributed by atoms with Crippen molar-refractivity contribution in [2.75, 3.05) is 0 Å². The van der Waals surface area contributed by atoms with Crippen LogP contribution in [0.4, 0.5) is 0 Å². The molecule has 242 valence electrons. The van der Waals surface area contributed by atoms with Crippen LogP contribution >= 0.6 is 11.6 Å². The topological polar surface area (TPSA) is 34.1 Å². The van der Waals surface area contributed by atoms with Gasteiger partial charge in [0.1, 0.15) is 11.6 Å². The quantitative estimate of drug-likeness (QED) is 0.163. The van der Waals surface area contributed by atoms with Crippen molar-refractivity contribution in [1.82, 2.24) is 0 Å². The van der Waals surface area contributed by atoms with Gasteiger partial charge in [0.15, 0.2) is 0 Å². The molecule has 0 heterocycles. The third kappa shape index (κ3) is 10.9. The van der Waals surface area contributed by atoms with Crippen molar-refractivity contribution >= 4 is 23.2 Å². The third-order valence-corrected chi connectivity index (χ3v) is 11.6. The molecule has 0 radical (unpaired) electrons. The molecule has 0 N–H and O–H groups in total. The van der Waals surface area contributed by atoms with Crippen LogP contribution in [0.5, 0.6) is 0 Å². The molecule has 3 unspecified atom stereocenters. The highest BCUT2D eigenvalue weighted by molar-refractivity contribution is 6.31. The molecule has 3 aliphatic carbocycles. The van der Waals surface area contributed by atoms with E-state index < -0.39 is 0 Å². The van der Waals surface area contributed by atoms with Gasteiger partial charge in [-0.15, -0.1) is 0 Å². The van der Waals surface area contributed by atoms with Crippen molar-refractivity contribution in [1.29, 1.82) is 0 Å². The van der Waals surface area contributed by atoms with E-state index in [0.717, 1.165) is 56.4 Å². The number of rotatable bonds is 13. The lowest BCUT2D eigenvalue weighted by atomic mass is 9.71. The molecule has 2 nitrogen and oxygen atoms in total. The Balaban J connectivity index is 1.38. The maximum Gasteiger partial charge on any atom is 0.136 e.